The summed E-state index contributed by atoms with van der Waals surface area (Å²) in [5.41, 5.74) is 3.63. The van der Waals surface area contributed by atoms with Crippen molar-refractivity contribution in [3.05, 3.63) is 23.3 Å². The molecule has 0 aliphatic carbocycles. The molecule has 22 heavy (non-hydrogen) atoms. The summed E-state index contributed by atoms with van der Waals surface area (Å²) in [6.45, 7) is 17.8. The molecule has 1 saturated heterocycles. The third kappa shape index (κ3) is 6.05. The van der Waals surface area contributed by atoms with Gasteiger partial charge in [-0.25, -0.2) is 0 Å². The van der Waals surface area contributed by atoms with Gasteiger partial charge in [-0.3, -0.25) is 0 Å². The van der Waals surface area contributed by atoms with E-state index in [9.17, 15) is 0 Å². The Morgan fingerprint density at radius 1 is 1.05 bits per heavy atom. The first-order valence-corrected chi connectivity index (χ1v) is 12.3. The van der Waals surface area contributed by atoms with Gasteiger partial charge in [0.15, 0.2) is 0 Å². The van der Waals surface area contributed by atoms with E-state index in [1.807, 2.05) is 0 Å². The summed E-state index contributed by atoms with van der Waals surface area (Å²) in [7, 11) is -1.37. The van der Waals surface area contributed by atoms with Crippen molar-refractivity contribution in [3.8, 4) is 0 Å². The molecule has 4 heteroatoms. The minimum absolute atomic E-state index is 0.218. The molecule has 0 aromatic heterocycles. The summed E-state index contributed by atoms with van der Waals surface area (Å²) in [5, 5.41) is 0. The second-order valence-electron chi connectivity index (χ2n) is 8.53. The zero-order valence-corrected chi connectivity index (χ0v) is 17.0. The minimum Gasteiger partial charge on any atom is -0.400 e. The summed E-state index contributed by atoms with van der Waals surface area (Å²) in [6, 6.07) is 0. The molecule has 1 rings (SSSR count). The van der Waals surface area contributed by atoms with E-state index >= 15 is 0 Å². The third-order valence-corrected chi connectivity index (χ3v) is 5.71. The second-order valence-corrected chi connectivity index (χ2v) is 13.5. The molecule has 0 spiro atoms. The van der Waals surface area contributed by atoms with E-state index in [1.54, 1.807) is 5.57 Å². The van der Waals surface area contributed by atoms with Crippen LogP contribution >= 0.6 is 0 Å². The lowest BCUT2D eigenvalue weighted by atomic mass is 9.89. The largest absolute Gasteiger partial charge is 0.486 e. The average molecular weight is 322 g/mol. The summed E-state index contributed by atoms with van der Waals surface area (Å²) in [6.07, 6.45) is 7.00. The van der Waals surface area contributed by atoms with Crippen LogP contribution in [0.25, 0.3) is 0 Å². The highest BCUT2D eigenvalue weighted by Crippen LogP contribution is 2.36. The van der Waals surface area contributed by atoms with Crippen LogP contribution in [0.15, 0.2) is 23.3 Å². The number of hydrogen-bond donors (Lipinski definition) is 0. The van der Waals surface area contributed by atoms with Crippen molar-refractivity contribution < 1.29 is 9.31 Å². The smallest absolute Gasteiger partial charge is 0.400 e. The molecule has 0 saturated carbocycles. The van der Waals surface area contributed by atoms with Crippen LogP contribution in [0.3, 0.4) is 0 Å². The molecule has 0 unspecified atom stereocenters. The van der Waals surface area contributed by atoms with E-state index in [2.05, 4.69) is 72.0 Å². The molecule has 126 valence electrons. The molecule has 1 heterocycles. The van der Waals surface area contributed by atoms with Gasteiger partial charge < -0.3 is 9.31 Å². The molecule has 0 aromatic rings. The number of hydrogen-bond acceptors (Lipinski definition) is 2. The van der Waals surface area contributed by atoms with Crippen molar-refractivity contribution in [1.29, 1.82) is 0 Å². The van der Waals surface area contributed by atoms with Gasteiger partial charge in [0.1, 0.15) is 0 Å². The van der Waals surface area contributed by atoms with Gasteiger partial charge in [0, 0.05) is 0 Å². The Bertz CT molecular complexity index is 403. The summed E-state index contributed by atoms with van der Waals surface area (Å²) in [5.74, 6) is 2.08. The van der Waals surface area contributed by atoms with Crippen LogP contribution in [-0.4, -0.2) is 26.4 Å². The first kappa shape index (κ1) is 19.7. The van der Waals surface area contributed by atoms with Crippen LogP contribution in [0, 0.1) is 0 Å². The van der Waals surface area contributed by atoms with Gasteiger partial charge in [0.25, 0.3) is 0 Å². The topological polar surface area (TPSA) is 18.5 Å². The Hall–Kier alpha value is -0.318. The predicted molar refractivity (Wildman–Crippen MR) is 101 cm³/mol. The van der Waals surface area contributed by atoms with Gasteiger partial charge in [0.2, 0.25) is 0 Å². The highest BCUT2D eigenvalue weighted by atomic mass is 28.3. The summed E-state index contributed by atoms with van der Waals surface area (Å²) in [4.78, 5) is 0. The van der Waals surface area contributed by atoms with Gasteiger partial charge in [-0.05, 0) is 47.0 Å². The van der Waals surface area contributed by atoms with Crippen molar-refractivity contribution in [2.75, 3.05) is 0 Å². The minimum atomic E-state index is -1.16. The van der Waals surface area contributed by atoms with Gasteiger partial charge in [-0.2, -0.15) is 0 Å². The Morgan fingerprint density at radius 3 is 2.05 bits per heavy atom. The maximum absolute atomic E-state index is 6.01. The molecule has 0 radical (unpaired) electrons. The highest BCUT2D eigenvalue weighted by molar-refractivity contribution is 6.81. The van der Waals surface area contributed by atoms with Gasteiger partial charge in [-0.1, -0.05) is 56.3 Å². The van der Waals surface area contributed by atoms with Crippen LogP contribution in [0.2, 0.25) is 19.6 Å². The quantitative estimate of drug-likeness (QED) is 0.571. The highest BCUT2D eigenvalue weighted by Gasteiger charge is 2.49. The molecule has 1 aliphatic rings. The van der Waals surface area contributed by atoms with Crippen LogP contribution in [-0.2, 0) is 9.31 Å². The van der Waals surface area contributed by atoms with Crippen molar-refractivity contribution in [1.82, 2.24) is 0 Å². The molecule has 0 N–H and O–H groups in total. The molecule has 0 aromatic carbocycles. The van der Waals surface area contributed by atoms with Crippen molar-refractivity contribution in [2.24, 2.45) is 0 Å². The lowest BCUT2D eigenvalue weighted by Gasteiger charge is -2.32. The zero-order chi connectivity index (χ0) is 17.0. The SMILES string of the molecule is CCCC/C(=C\[Si](C)(C)C)C/C=C/B1OC(C)(C)C(C)(C)O1. The Balaban J connectivity index is 2.64. The second kappa shape index (κ2) is 7.50. The maximum Gasteiger partial charge on any atom is 0.486 e. The standard InChI is InChI=1S/C18H35BO2Si/c1-9-10-12-16(15-22(6,7)8)13-11-14-19-20-17(2,3)18(4,5)21-19/h11,14-15H,9-10,12-13H2,1-8H3/b14-11+,16-15+. The van der Waals surface area contributed by atoms with E-state index in [-0.39, 0.29) is 18.3 Å². The number of allylic oxidation sites excluding steroid dienone is 2. The summed E-state index contributed by atoms with van der Waals surface area (Å²) < 4.78 is 12.0. The molecule has 1 fully saturated rings. The number of rotatable bonds is 7. The predicted octanol–water partition coefficient (Wildman–Crippen LogP) is 5.56. The van der Waals surface area contributed by atoms with E-state index in [0.717, 1.165) is 6.42 Å². The van der Waals surface area contributed by atoms with Crippen molar-refractivity contribution in [2.45, 2.75) is 91.1 Å². The van der Waals surface area contributed by atoms with Crippen molar-refractivity contribution >= 4 is 15.2 Å². The zero-order valence-electron chi connectivity index (χ0n) is 16.0. The molecule has 1 aliphatic heterocycles. The molecule has 2 nitrogen and oxygen atoms in total. The van der Waals surface area contributed by atoms with Crippen molar-refractivity contribution in [3.63, 3.8) is 0 Å². The lowest BCUT2D eigenvalue weighted by molar-refractivity contribution is 0.00578. The summed E-state index contributed by atoms with van der Waals surface area (Å²) >= 11 is 0. The first-order chi connectivity index (χ1) is 9.97. The first-order valence-electron chi connectivity index (χ1n) is 8.70. The van der Waals surface area contributed by atoms with Crippen LogP contribution in [0.4, 0.5) is 0 Å². The third-order valence-electron chi connectivity index (χ3n) is 4.43. The van der Waals surface area contributed by atoms with Gasteiger partial charge in [0.05, 0.1) is 19.3 Å². The van der Waals surface area contributed by atoms with Crippen LogP contribution in [0.1, 0.15) is 60.3 Å². The molecule has 0 amide bonds. The molecular weight excluding hydrogens is 287 g/mol. The molecule has 0 atom stereocenters. The fraction of sp³-hybridized carbons (Fsp3) is 0.778. The average Bonchev–Trinajstić information content (AvgIpc) is 2.52. The van der Waals surface area contributed by atoms with E-state index in [1.165, 1.54) is 19.3 Å². The van der Waals surface area contributed by atoms with Gasteiger partial charge >= 0.3 is 7.12 Å². The lowest BCUT2D eigenvalue weighted by Crippen LogP contribution is -2.41. The maximum atomic E-state index is 6.01. The molecular formula is C18H35BO2Si. The Morgan fingerprint density at radius 2 is 1.59 bits per heavy atom. The van der Waals surface area contributed by atoms with E-state index in [4.69, 9.17) is 9.31 Å². The molecule has 0 bridgehead atoms. The van der Waals surface area contributed by atoms with E-state index < -0.39 is 8.07 Å². The Kier molecular flexibility index (Phi) is 6.73. The fourth-order valence-electron chi connectivity index (χ4n) is 2.55. The normalized spacial score (nSPS) is 21.8. The van der Waals surface area contributed by atoms with E-state index in [0.29, 0.717) is 0 Å². The Labute approximate surface area is 139 Å². The number of unbranched alkanes of at least 4 members (excludes halogenated alkanes) is 1. The van der Waals surface area contributed by atoms with Gasteiger partial charge in [-0.15, -0.1) is 0 Å². The monoisotopic (exact) mass is 322 g/mol. The van der Waals surface area contributed by atoms with Crippen LogP contribution < -0.4 is 0 Å². The fourth-order valence-corrected chi connectivity index (χ4v) is 4.03. The van der Waals surface area contributed by atoms with Crippen LogP contribution in [0.5, 0.6) is 0 Å².